The molecule has 100 valence electrons. The number of amides is 3. The summed E-state index contributed by atoms with van der Waals surface area (Å²) in [4.78, 5) is 37.3. The molecule has 1 aliphatic heterocycles. The number of carbonyl (C=O) groups is 3. The number of nitrogens with zero attached hydrogens (tertiary/aromatic N) is 1. The first-order chi connectivity index (χ1) is 9.56. The minimum absolute atomic E-state index is 0.127. The first-order valence-electron chi connectivity index (χ1n) is 6.50. The molecule has 0 atom stereocenters. The van der Waals surface area contributed by atoms with Crippen LogP contribution < -0.4 is 0 Å². The number of hydrogen-bond donors (Lipinski definition) is 0. The van der Waals surface area contributed by atoms with E-state index in [0.717, 1.165) is 21.2 Å². The lowest BCUT2D eigenvalue weighted by molar-refractivity contribution is -0.125. The fraction of sp³-hybridized carbons (Fsp3) is 0.188. The summed E-state index contributed by atoms with van der Waals surface area (Å²) in [7, 11) is 0. The third-order valence-corrected chi connectivity index (χ3v) is 3.65. The minimum Gasteiger partial charge on any atom is -0.274 e. The van der Waals surface area contributed by atoms with Crippen molar-refractivity contribution in [2.24, 2.45) is 0 Å². The predicted molar refractivity (Wildman–Crippen MR) is 74.5 cm³/mol. The summed E-state index contributed by atoms with van der Waals surface area (Å²) < 4.78 is 0. The van der Waals surface area contributed by atoms with Crippen LogP contribution in [0, 0.1) is 6.92 Å². The van der Waals surface area contributed by atoms with Gasteiger partial charge in [-0.1, -0.05) is 31.2 Å². The molecule has 3 rings (SSSR count). The third kappa shape index (κ3) is 1.51. The first-order valence-corrected chi connectivity index (χ1v) is 6.50. The van der Waals surface area contributed by atoms with E-state index in [2.05, 4.69) is 0 Å². The van der Waals surface area contributed by atoms with E-state index in [4.69, 9.17) is 0 Å². The lowest BCUT2D eigenvalue weighted by Gasteiger charge is -2.09. The number of aryl methyl sites for hydroxylation is 1. The fourth-order valence-corrected chi connectivity index (χ4v) is 2.66. The molecule has 0 aromatic heterocycles. The Morgan fingerprint density at radius 2 is 1.75 bits per heavy atom. The van der Waals surface area contributed by atoms with Crippen LogP contribution in [0.1, 0.15) is 39.6 Å². The molecule has 0 aliphatic carbocycles. The van der Waals surface area contributed by atoms with Crippen molar-refractivity contribution in [3.8, 4) is 0 Å². The molecule has 4 nitrogen and oxygen atoms in total. The molecule has 3 amide bonds. The Morgan fingerprint density at radius 3 is 2.40 bits per heavy atom. The largest absolute Gasteiger partial charge is 0.274 e. The van der Waals surface area contributed by atoms with Crippen molar-refractivity contribution in [3.05, 3.63) is 47.0 Å². The first kappa shape index (κ1) is 12.5. The average molecular weight is 267 g/mol. The highest BCUT2D eigenvalue weighted by atomic mass is 16.2. The fourth-order valence-electron chi connectivity index (χ4n) is 2.66. The van der Waals surface area contributed by atoms with E-state index in [-0.39, 0.29) is 6.42 Å². The van der Waals surface area contributed by atoms with Crippen LogP contribution in [-0.2, 0) is 4.79 Å². The Balaban J connectivity index is 2.33. The van der Waals surface area contributed by atoms with E-state index in [1.54, 1.807) is 13.0 Å². The summed E-state index contributed by atoms with van der Waals surface area (Å²) in [6.07, 6.45) is 0.127. The second-order valence-electron chi connectivity index (χ2n) is 4.85. The smallest absolute Gasteiger partial charge is 0.269 e. The number of rotatable bonds is 1. The maximum absolute atomic E-state index is 12.4. The molecule has 2 aromatic rings. The van der Waals surface area contributed by atoms with E-state index in [9.17, 15) is 14.4 Å². The molecule has 0 radical (unpaired) electrons. The van der Waals surface area contributed by atoms with Crippen LogP contribution in [0.3, 0.4) is 0 Å². The molecule has 2 aromatic carbocycles. The number of benzene rings is 2. The average Bonchev–Trinajstić information content (AvgIpc) is 2.70. The quantitative estimate of drug-likeness (QED) is 0.746. The van der Waals surface area contributed by atoms with Gasteiger partial charge in [0.2, 0.25) is 5.91 Å². The van der Waals surface area contributed by atoms with Crippen molar-refractivity contribution in [2.45, 2.75) is 20.3 Å². The van der Waals surface area contributed by atoms with E-state index in [0.29, 0.717) is 11.1 Å². The zero-order valence-corrected chi connectivity index (χ0v) is 11.3. The van der Waals surface area contributed by atoms with Gasteiger partial charge in [-0.25, -0.2) is 4.90 Å². The second-order valence-corrected chi connectivity index (χ2v) is 4.85. The van der Waals surface area contributed by atoms with E-state index in [1.165, 1.54) is 0 Å². The van der Waals surface area contributed by atoms with E-state index >= 15 is 0 Å². The monoisotopic (exact) mass is 267 g/mol. The molecule has 0 spiro atoms. The van der Waals surface area contributed by atoms with Crippen molar-refractivity contribution < 1.29 is 14.4 Å². The van der Waals surface area contributed by atoms with Gasteiger partial charge in [0.05, 0.1) is 11.1 Å². The van der Waals surface area contributed by atoms with Gasteiger partial charge in [-0.3, -0.25) is 14.4 Å². The van der Waals surface area contributed by atoms with E-state index < -0.39 is 17.7 Å². The molecule has 0 saturated heterocycles. The third-order valence-electron chi connectivity index (χ3n) is 3.65. The molecule has 1 heterocycles. The van der Waals surface area contributed by atoms with Crippen LogP contribution in [0.4, 0.5) is 0 Å². The van der Waals surface area contributed by atoms with Crippen molar-refractivity contribution in [2.75, 3.05) is 0 Å². The van der Waals surface area contributed by atoms with Gasteiger partial charge in [0.25, 0.3) is 11.8 Å². The number of imide groups is 3. The van der Waals surface area contributed by atoms with Crippen LogP contribution in [0.2, 0.25) is 0 Å². The predicted octanol–water partition coefficient (Wildman–Crippen LogP) is 2.68. The molecule has 20 heavy (non-hydrogen) atoms. The normalized spacial score (nSPS) is 14.0. The van der Waals surface area contributed by atoms with Crippen LogP contribution in [0.25, 0.3) is 10.8 Å². The standard InChI is InChI=1S/C16H13NO3/c1-3-13(18)17-15(19)12-8-9(2)10-6-4-5-7-11(10)14(12)16(17)20/h4-8H,3H2,1-2H3. The van der Waals surface area contributed by atoms with Gasteiger partial charge in [0, 0.05) is 6.42 Å². The van der Waals surface area contributed by atoms with Crippen molar-refractivity contribution >= 4 is 28.5 Å². The SMILES string of the molecule is CCC(=O)N1C(=O)c2cc(C)c3ccccc3c2C1=O. The van der Waals surface area contributed by atoms with Crippen molar-refractivity contribution in [1.29, 1.82) is 0 Å². The Hall–Kier alpha value is -2.49. The van der Waals surface area contributed by atoms with Crippen LogP contribution >= 0.6 is 0 Å². The molecule has 1 aliphatic rings. The zero-order chi connectivity index (χ0) is 14.4. The van der Waals surface area contributed by atoms with Gasteiger partial charge in [0.1, 0.15) is 0 Å². The topological polar surface area (TPSA) is 54.5 Å². The molecule has 0 fully saturated rings. The highest BCUT2D eigenvalue weighted by Gasteiger charge is 2.40. The highest BCUT2D eigenvalue weighted by molar-refractivity contribution is 6.32. The summed E-state index contributed by atoms with van der Waals surface area (Å²) in [5, 5.41) is 1.66. The number of carbonyl (C=O) groups excluding carboxylic acids is 3. The Morgan fingerprint density at radius 1 is 1.10 bits per heavy atom. The van der Waals surface area contributed by atoms with Gasteiger partial charge in [-0.05, 0) is 29.3 Å². The van der Waals surface area contributed by atoms with Gasteiger partial charge >= 0.3 is 0 Å². The summed E-state index contributed by atoms with van der Waals surface area (Å²) in [6, 6.07) is 9.13. The molecule has 0 unspecified atom stereocenters. The number of fused-ring (bicyclic) bond motifs is 3. The zero-order valence-electron chi connectivity index (χ0n) is 11.3. The molecular weight excluding hydrogens is 254 g/mol. The Bertz CT molecular complexity index is 777. The molecule has 4 heteroatoms. The van der Waals surface area contributed by atoms with Gasteiger partial charge in [-0.2, -0.15) is 0 Å². The van der Waals surface area contributed by atoms with Crippen molar-refractivity contribution in [3.63, 3.8) is 0 Å². The molecular formula is C16H13NO3. The summed E-state index contributed by atoms with van der Waals surface area (Å²) >= 11 is 0. The van der Waals surface area contributed by atoms with Gasteiger partial charge < -0.3 is 0 Å². The summed E-state index contributed by atoms with van der Waals surface area (Å²) in [6.45, 7) is 3.53. The number of hydrogen-bond acceptors (Lipinski definition) is 3. The maximum atomic E-state index is 12.4. The van der Waals surface area contributed by atoms with E-state index in [1.807, 2.05) is 31.2 Å². The molecule has 0 saturated carbocycles. The lowest BCUT2D eigenvalue weighted by Crippen LogP contribution is -2.35. The van der Waals surface area contributed by atoms with Crippen molar-refractivity contribution in [1.82, 2.24) is 4.90 Å². The Kier molecular flexibility index (Phi) is 2.67. The highest BCUT2D eigenvalue weighted by Crippen LogP contribution is 2.32. The Labute approximate surface area is 116 Å². The molecule has 0 N–H and O–H groups in total. The maximum Gasteiger partial charge on any atom is 0.269 e. The molecule has 0 bridgehead atoms. The van der Waals surface area contributed by atoms with Gasteiger partial charge in [0.15, 0.2) is 0 Å². The van der Waals surface area contributed by atoms with Gasteiger partial charge in [-0.15, -0.1) is 0 Å². The van der Waals surface area contributed by atoms with Crippen LogP contribution in [0.5, 0.6) is 0 Å². The summed E-state index contributed by atoms with van der Waals surface area (Å²) in [5.41, 5.74) is 1.59. The summed E-state index contributed by atoms with van der Waals surface area (Å²) in [5.74, 6) is -1.48. The minimum atomic E-state index is -0.509. The second kappa shape index (κ2) is 4.27. The van der Waals surface area contributed by atoms with Crippen LogP contribution in [-0.4, -0.2) is 22.6 Å². The van der Waals surface area contributed by atoms with Crippen LogP contribution in [0.15, 0.2) is 30.3 Å². The lowest BCUT2D eigenvalue weighted by atomic mass is 9.96.